The van der Waals surface area contributed by atoms with Crippen molar-refractivity contribution in [2.24, 2.45) is 0 Å². The number of carbonyl (C=O) groups is 1. The van der Waals surface area contributed by atoms with Crippen LogP contribution in [0.5, 0.6) is 0 Å². The number of hydrogen-bond donors (Lipinski definition) is 2. The van der Waals surface area contributed by atoms with Crippen molar-refractivity contribution < 1.29 is 4.79 Å². The maximum absolute atomic E-state index is 12.0. The quantitative estimate of drug-likeness (QED) is 0.814. The minimum atomic E-state index is -0.0907. The van der Waals surface area contributed by atoms with E-state index in [1.54, 1.807) is 12.1 Å². The third-order valence-electron chi connectivity index (χ3n) is 2.87. The van der Waals surface area contributed by atoms with Gasteiger partial charge in [-0.2, -0.15) is 0 Å². The van der Waals surface area contributed by atoms with Gasteiger partial charge in [-0.25, -0.2) is 0 Å². The molecule has 0 saturated heterocycles. The van der Waals surface area contributed by atoms with Crippen molar-refractivity contribution in [3.05, 3.63) is 57.0 Å². The molecule has 0 atom stereocenters. The molecule has 0 aliphatic rings. The predicted octanol–water partition coefficient (Wildman–Crippen LogP) is 4.17. The van der Waals surface area contributed by atoms with Crippen molar-refractivity contribution in [3.8, 4) is 0 Å². The highest BCUT2D eigenvalue weighted by Gasteiger charge is 2.08. The molecule has 5 heteroatoms. The molecule has 2 rings (SSSR count). The van der Waals surface area contributed by atoms with Gasteiger partial charge in [-0.15, -0.1) is 0 Å². The average molecular weight is 354 g/mol. The number of nitrogens with one attached hydrogen (secondary N) is 1. The summed E-state index contributed by atoms with van der Waals surface area (Å²) in [6.45, 7) is 1.88. The molecule has 0 saturated carbocycles. The smallest absolute Gasteiger partial charge is 0.228 e. The van der Waals surface area contributed by atoms with Crippen LogP contribution in [0.2, 0.25) is 5.02 Å². The molecule has 0 aliphatic carbocycles. The summed E-state index contributed by atoms with van der Waals surface area (Å²) in [7, 11) is 0. The largest absolute Gasteiger partial charge is 0.398 e. The normalized spacial score (nSPS) is 10.3. The Morgan fingerprint density at radius 3 is 2.80 bits per heavy atom. The number of anilines is 2. The summed E-state index contributed by atoms with van der Waals surface area (Å²) >= 11 is 9.35. The van der Waals surface area contributed by atoms with E-state index in [4.69, 9.17) is 17.3 Å². The van der Waals surface area contributed by atoms with E-state index in [0.717, 1.165) is 15.6 Å². The second kappa shape index (κ2) is 6.29. The first-order valence-corrected chi connectivity index (χ1v) is 7.22. The molecule has 0 bridgehead atoms. The highest BCUT2D eigenvalue weighted by molar-refractivity contribution is 9.10. The Kier molecular flexibility index (Phi) is 4.68. The lowest BCUT2D eigenvalue weighted by molar-refractivity contribution is -0.115. The van der Waals surface area contributed by atoms with Gasteiger partial charge in [0, 0.05) is 10.2 Å². The summed E-state index contributed by atoms with van der Waals surface area (Å²) < 4.78 is 0.953. The number of benzene rings is 2. The second-order valence-electron chi connectivity index (χ2n) is 4.54. The van der Waals surface area contributed by atoms with Gasteiger partial charge in [-0.05, 0) is 42.3 Å². The number of hydrogen-bond acceptors (Lipinski definition) is 2. The second-order valence-corrected chi connectivity index (χ2v) is 5.87. The SMILES string of the molecule is Cc1cc(N)c(Cl)cc1NC(=O)Cc1cccc(Br)c1. The van der Waals surface area contributed by atoms with Crippen molar-refractivity contribution >= 4 is 44.8 Å². The maximum atomic E-state index is 12.0. The third-order valence-corrected chi connectivity index (χ3v) is 3.69. The number of aryl methyl sites for hydroxylation is 1. The lowest BCUT2D eigenvalue weighted by Gasteiger charge is -2.10. The molecule has 104 valence electrons. The first-order chi connectivity index (χ1) is 9.45. The molecule has 0 spiro atoms. The molecule has 2 aromatic carbocycles. The fraction of sp³-hybridized carbons (Fsp3) is 0.133. The fourth-order valence-electron chi connectivity index (χ4n) is 1.87. The monoisotopic (exact) mass is 352 g/mol. The molecule has 2 aromatic rings. The van der Waals surface area contributed by atoms with Crippen molar-refractivity contribution in [1.82, 2.24) is 0 Å². The van der Waals surface area contributed by atoms with Crippen LogP contribution in [0, 0.1) is 6.92 Å². The minimum Gasteiger partial charge on any atom is -0.398 e. The summed E-state index contributed by atoms with van der Waals surface area (Å²) in [4.78, 5) is 12.0. The molecule has 0 aromatic heterocycles. The Labute approximate surface area is 131 Å². The Morgan fingerprint density at radius 2 is 2.10 bits per heavy atom. The number of amides is 1. The van der Waals surface area contributed by atoms with Crippen molar-refractivity contribution in [1.29, 1.82) is 0 Å². The minimum absolute atomic E-state index is 0.0907. The van der Waals surface area contributed by atoms with Gasteiger partial charge in [0.2, 0.25) is 5.91 Å². The van der Waals surface area contributed by atoms with Crippen LogP contribution in [0.1, 0.15) is 11.1 Å². The Balaban J connectivity index is 2.10. The van der Waals surface area contributed by atoms with E-state index < -0.39 is 0 Å². The van der Waals surface area contributed by atoms with Gasteiger partial charge >= 0.3 is 0 Å². The van der Waals surface area contributed by atoms with E-state index >= 15 is 0 Å². The molecule has 1 amide bonds. The first-order valence-electron chi connectivity index (χ1n) is 6.05. The number of rotatable bonds is 3. The van der Waals surface area contributed by atoms with Crippen LogP contribution >= 0.6 is 27.5 Å². The lowest BCUT2D eigenvalue weighted by Crippen LogP contribution is -2.15. The topological polar surface area (TPSA) is 55.1 Å². The molecule has 0 unspecified atom stereocenters. The Bertz CT molecular complexity index is 658. The van der Waals surface area contributed by atoms with Gasteiger partial charge in [0.1, 0.15) is 0 Å². The predicted molar refractivity (Wildman–Crippen MR) is 87.1 cm³/mol. The zero-order valence-electron chi connectivity index (χ0n) is 10.9. The number of nitrogens with two attached hydrogens (primary N) is 1. The van der Waals surface area contributed by atoms with E-state index in [-0.39, 0.29) is 5.91 Å². The van der Waals surface area contributed by atoms with Crippen LogP contribution in [0.4, 0.5) is 11.4 Å². The first kappa shape index (κ1) is 14.9. The maximum Gasteiger partial charge on any atom is 0.228 e. The van der Waals surface area contributed by atoms with Crippen molar-refractivity contribution in [2.75, 3.05) is 11.1 Å². The average Bonchev–Trinajstić information content (AvgIpc) is 2.36. The van der Waals surface area contributed by atoms with E-state index in [2.05, 4.69) is 21.2 Å². The van der Waals surface area contributed by atoms with Crippen LogP contribution in [0.15, 0.2) is 40.9 Å². The molecule has 3 N–H and O–H groups in total. The number of nitrogen functional groups attached to an aromatic ring is 1. The van der Waals surface area contributed by atoms with Gasteiger partial charge in [0.25, 0.3) is 0 Å². The zero-order chi connectivity index (χ0) is 14.7. The van der Waals surface area contributed by atoms with Crippen molar-refractivity contribution in [3.63, 3.8) is 0 Å². The van der Waals surface area contributed by atoms with Crippen molar-refractivity contribution in [2.45, 2.75) is 13.3 Å². The van der Waals surface area contributed by atoms with Crippen LogP contribution in [0.3, 0.4) is 0 Å². The molecule has 0 fully saturated rings. The zero-order valence-corrected chi connectivity index (χ0v) is 13.3. The molecule has 20 heavy (non-hydrogen) atoms. The summed E-state index contributed by atoms with van der Waals surface area (Å²) in [5.41, 5.74) is 8.73. The van der Waals surface area contributed by atoms with Gasteiger partial charge in [-0.3, -0.25) is 4.79 Å². The van der Waals surface area contributed by atoms with Gasteiger partial charge in [-0.1, -0.05) is 39.7 Å². The molecular formula is C15H14BrClN2O. The molecule has 0 aliphatic heterocycles. The Morgan fingerprint density at radius 1 is 1.35 bits per heavy atom. The third kappa shape index (κ3) is 3.74. The molecule has 0 heterocycles. The number of carbonyl (C=O) groups excluding carboxylic acids is 1. The number of halogens is 2. The van der Waals surface area contributed by atoms with Gasteiger partial charge < -0.3 is 11.1 Å². The van der Waals surface area contributed by atoms with E-state index in [1.165, 1.54) is 0 Å². The van der Waals surface area contributed by atoms with Crippen LogP contribution in [-0.4, -0.2) is 5.91 Å². The molecule has 0 radical (unpaired) electrons. The van der Waals surface area contributed by atoms with E-state index in [0.29, 0.717) is 22.8 Å². The standard InChI is InChI=1S/C15H14BrClN2O/c1-9-5-13(18)12(17)8-14(9)19-15(20)7-10-3-2-4-11(16)6-10/h2-6,8H,7,18H2,1H3,(H,19,20). The molecular weight excluding hydrogens is 340 g/mol. The van der Waals surface area contributed by atoms with Crippen LogP contribution in [-0.2, 0) is 11.2 Å². The van der Waals surface area contributed by atoms with E-state index in [9.17, 15) is 4.79 Å². The van der Waals surface area contributed by atoms with Crippen LogP contribution in [0.25, 0.3) is 0 Å². The molecule has 3 nitrogen and oxygen atoms in total. The summed E-state index contributed by atoms with van der Waals surface area (Å²) in [5.74, 6) is -0.0907. The Hall–Kier alpha value is -1.52. The lowest BCUT2D eigenvalue weighted by atomic mass is 10.1. The highest BCUT2D eigenvalue weighted by Crippen LogP contribution is 2.26. The summed E-state index contributed by atoms with van der Waals surface area (Å²) in [5, 5.41) is 3.29. The summed E-state index contributed by atoms with van der Waals surface area (Å²) in [6.07, 6.45) is 0.306. The fourth-order valence-corrected chi connectivity index (χ4v) is 2.48. The van der Waals surface area contributed by atoms with Gasteiger partial charge in [0.15, 0.2) is 0 Å². The van der Waals surface area contributed by atoms with Gasteiger partial charge in [0.05, 0.1) is 17.1 Å². The summed E-state index contributed by atoms with van der Waals surface area (Å²) in [6, 6.07) is 11.1. The highest BCUT2D eigenvalue weighted by atomic mass is 79.9. The van der Waals surface area contributed by atoms with E-state index in [1.807, 2.05) is 31.2 Å². The van der Waals surface area contributed by atoms with Crippen LogP contribution < -0.4 is 11.1 Å².